The molecule has 1 saturated heterocycles. The third kappa shape index (κ3) is 3.96. The fraction of sp³-hybridized carbons (Fsp3) is 0.238. The number of anilines is 1. The van der Waals surface area contributed by atoms with Crippen LogP contribution in [0.1, 0.15) is 5.56 Å². The molecule has 27 heavy (non-hydrogen) atoms. The number of halogens is 1. The second-order valence-electron chi connectivity index (χ2n) is 6.65. The Balaban J connectivity index is 1.47. The zero-order valence-corrected chi connectivity index (χ0v) is 16.5. The van der Waals surface area contributed by atoms with Gasteiger partial charge in [0.15, 0.2) is 0 Å². The molecule has 0 aliphatic carbocycles. The van der Waals surface area contributed by atoms with Crippen LogP contribution in [0.25, 0.3) is 5.69 Å². The average Bonchev–Trinajstić information content (AvgIpc) is 2.72. The number of hydrogen-bond acceptors (Lipinski definition) is 4. The number of para-hydroxylation sites is 1. The lowest BCUT2D eigenvalue weighted by atomic mass is 10.2. The summed E-state index contributed by atoms with van der Waals surface area (Å²) in [7, 11) is 0. The summed E-state index contributed by atoms with van der Waals surface area (Å²) in [6.07, 6.45) is 1.78. The molecule has 1 aromatic heterocycles. The van der Waals surface area contributed by atoms with Gasteiger partial charge in [-0.3, -0.25) is 9.69 Å². The van der Waals surface area contributed by atoms with Gasteiger partial charge in [0.25, 0.3) is 5.56 Å². The van der Waals surface area contributed by atoms with Gasteiger partial charge in [-0.2, -0.15) is 9.78 Å². The molecule has 0 saturated carbocycles. The molecule has 2 heterocycles. The van der Waals surface area contributed by atoms with Crippen molar-refractivity contribution in [2.75, 3.05) is 31.1 Å². The van der Waals surface area contributed by atoms with Crippen molar-refractivity contribution >= 4 is 21.6 Å². The van der Waals surface area contributed by atoms with E-state index in [1.54, 1.807) is 6.20 Å². The SMILES string of the molecule is O=c1c(Br)c(N2CCN(Cc3ccccc3)CC2)cnn1-c1ccccc1. The molecule has 2 aromatic carbocycles. The van der Waals surface area contributed by atoms with E-state index in [1.807, 2.05) is 36.4 Å². The topological polar surface area (TPSA) is 41.4 Å². The van der Waals surface area contributed by atoms with Gasteiger partial charge in [0, 0.05) is 32.7 Å². The summed E-state index contributed by atoms with van der Waals surface area (Å²) in [5.74, 6) is 0. The highest BCUT2D eigenvalue weighted by Crippen LogP contribution is 2.24. The Morgan fingerprint density at radius 1 is 0.889 bits per heavy atom. The van der Waals surface area contributed by atoms with Gasteiger partial charge in [0.1, 0.15) is 4.47 Å². The molecule has 1 aliphatic heterocycles. The van der Waals surface area contributed by atoms with Crippen molar-refractivity contribution in [3.05, 3.63) is 87.3 Å². The van der Waals surface area contributed by atoms with E-state index in [0.717, 1.165) is 44.1 Å². The molecule has 6 heteroatoms. The van der Waals surface area contributed by atoms with Crippen molar-refractivity contribution in [1.29, 1.82) is 0 Å². The average molecular weight is 425 g/mol. The van der Waals surface area contributed by atoms with Crippen LogP contribution in [0.5, 0.6) is 0 Å². The summed E-state index contributed by atoms with van der Waals surface area (Å²) < 4.78 is 2.00. The number of aromatic nitrogens is 2. The summed E-state index contributed by atoms with van der Waals surface area (Å²) in [5, 5.41) is 4.39. The highest BCUT2D eigenvalue weighted by atomic mass is 79.9. The van der Waals surface area contributed by atoms with E-state index >= 15 is 0 Å². The molecule has 0 bridgehead atoms. The molecule has 0 radical (unpaired) electrons. The first kappa shape index (κ1) is 17.9. The van der Waals surface area contributed by atoms with Gasteiger partial charge in [-0.15, -0.1) is 0 Å². The number of rotatable bonds is 4. The molecule has 5 nitrogen and oxygen atoms in total. The Bertz CT molecular complexity index is 951. The number of nitrogens with zero attached hydrogens (tertiary/aromatic N) is 4. The smallest absolute Gasteiger partial charge is 0.287 e. The number of benzene rings is 2. The normalized spacial score (nSPS) is 15.1. The number of hydrogen-bond donors (Lipinski definition) is 0. The largest absolute Gasteiger partial charge is 0.367 e. The van der Waals surface area contributed by atoms with Crippen molar-refractivity contribution in [2.45, 2.75) is 6.54 Å². The maximum Gasteiger partial charge on any atom is 0.287 e. The van der Waals surface area contributed by atoms with E-state index in [2.05, 4.69) is 55.1 Å². The summed E-state index contributed by atoms with van der Waals surface area (Å²) >= 11 is 3.50. The molecule has 1 aliphatic rings. The fourth-order valence-corrected chi connectivity index (χ4v) is 3.91. The van der Waals surface area contributed by atoms with Gasteiger partial charge in [-0.1, -0.05) is 48.5 Å². The van der Waals surface area contributed by atoms with Crippen LogP contribution in [0.2, 0.25) is 0 Å². The predicted octanol–water partition coefficient (Wildman–Crippen LogP) is 3.32. The Labute approximate surface area is 167 Å². The van der Waals surface area contributed by atoms with Crippen LogP contribution in [0.4, 0.5) is 5.69 Å². The van der Waals surface area contributed by atoms with Crippen LogP contribution in [0.15, 0.2) is 76.1 Å². The van der Waals surface area contributed by atoms with Crippen molar-refractivity contribution in [3.8, 4) is 5.69 Å². The first-order chi connectivity index (χ1) is 13.2. The minimum Gasteiger partial charge on any atom is -0.367 e. The third-order valence-electron chi connectivity index (χ3n) is 4.86. The van der Waals surface area contributed by atoms with E-state index in [4.69, 9.17) is 0 Å². The molecule has 1 fully saturated rings. The Hall–Kier alpha value is -2.44. The summed E-state index contributed by atoms with van der Waals surface area (Å²) in [6.45, 7) is 4.64. The van der Waals surface area contributed by atoms with Crippen LogP contribution < -0.4 is 10.5 Å². The first-order valence-electron chi connectivity index (χ1n) is 9.07. The van der Waals surface area contributed by atoms with Gasteiger partial charge < -0.3 is 4.90 Å². The van der Waals surface area contributed by atoms with Gasteiger partial charge in [0.2, 0.25) is 0 Å². The molecule has 0 N–H and O–H groups in total. The summed E-state index contributed by atoms with van der Waals surface area (Å²) in [5.41, 5.74) is 2.83. The predicted molar refractivity (Wildman–Crippen MR) is 111 cm³/mol. The quantitative estimate of drug-likeness (QED) is 0.643. The van der Waals surface area contributed by atoms with E-state index in [-0.39, 0.29) is 5.56 Å². The lowest BCUT2D eigenvalue weighted by Crippen LogP contribution is -2.46. The molecule has 3 aromatic rings. The molecule has 4 rings (SSSR count). The van der Waals surface area contributed by atoms with Crippen molar-refractivity contribution in [3.63, 3.8) is 0 Å². The molecule has 0 amide bonds. The first-order valence-corrected chi connectivity index (χ1v) is 9.86. The zero-order valence-electron chi connectivity index (χ0n) is 15.0. The molecule has 138 valence electrons. The van der Waals surface area contributed by atoms with Crippen molar-refractivity contribution < 1.29 is 0 Å². The van der Waals surface area contributed by atoms with Crippen molar-refractivity contribution in [1.82, 2.24) is 14.7 Å². The molecule has 0 spiro atoms. The highest BCUT2D eigenvalue weighted by molar-refractivity contribution is 9.10. The van der Waals surface area contributed by atoms with Gasteiger partial charge in [-0.25, -0.2) is 0 Å². The van der Waals surface area contributed by atoms with Gasteiger partial charge >= 0.3 is 0 Å². The lowest BCUT2D eigenvalue weighted by Gasteiger charge is -2.36. The molecular formula is C21H21BrN4O. The third-order valence-corrected chi connectivity index (χ3v) is 5.61. The van der Waals surface area contributed by atoms with Crippen LogP contribution in [-0.2, 0) is 6.54 Å². The van der Waals surface area contributed by atoms with Crippen LogP contribution in [-0.4, -0.2) is 40.9 Å². The van der Waals surface area contributed by atoms with Crippen LogP contribution in [0.3, 0.4) is 0 Å². The number of piperazine rings is 1. The second-order valence-corrected chi connectivity index (χ2v) is 7.44. The molecular weight excluding hydrogens is 404 g/mol. The fourth-order valence-electron chi connectivity index (χ4n) is 3.39. The van der Waals surface area contributed by atoms with Crippen molar-refractivity contribution in [2.24, 2.45) is 0 Å². The van der Waals surface area contributed by atoms with E-state index in [0.29, 0.717) is 4.47 Å². The molecule has 0 unspecified atom stereocenters. The summed E-state index contributed by atoms with van der Waals surface area (Å²) in [6, 6.07) is 20.0. The second kappa shape index (κ2) is 8.06. The Morgan fingerprint density at radius 2 is 1.52 bits per heavy atom. The van der Waals surface area contributed by atoms with E-state index in [1.165, 1.54) is 10.2 Å². The minimum absolute atomic E-state index is 0.134. The minimum atomic E-state index is -0.134. The highest BCUT2D eigenvalue weighted by Gasteiger charge is 2.21. The Kier molecular flexibility index (Phi) is 5.36. The maximum atomic E-state index is 12.8. The van der Waals surface area contributed by atoms with Crippen LogP contribution in [0, 0.1) is 0 Å². The van der Waals surface area contributed by atoms with E-state index < -0.39 is 0 Å². The zero-order chi connectivity index (χ0) is 18.6. The maximum absolute atomic E-state index is 12.8. The summed E-state index contributed by atoms with van der Waals surface area (Å²) in [4.78, 5) is 17.4. The Morgan fingerprint density at radius 3 is 2.19 bits per heavy atom. The monoisotopic (exact) mass is 424 g/mol. The van der Waals surface area contributed by atoms with Gasteiger partial charge in [-0.05, 0) is 33.6 Å². The standard InChI is InChI=1S/C21H21BrN4O/c22-20-19(15-23-26(21(20)27)18-9-5-2-6-10-18)25-13-11-24(12-14-25)16-17-7-3-1-4-8-17/h1-10,15H,11-14,16H2. The lowest BCUT2D eigenvalue weighted by molar-refractivity contribution is 0.249. The van der Waals surface area contributed by atoms with E-state index in [9.17, 15) is 4.79 Å². The van der Waals surface area contributed by atoms with Gasteiger partial charge in [0.05, 0.1) is 17.6 Å². The van der Waals surface area contributed by atoms with Crippen LogP contribution >= 0.6 is 15.9 Å². The molecule has 0 atom stereocenters.